The lowest BCUT2D eigenvalue weighted by atomic mass is 10.1. The van der Waals surface area contributed by atoms with E-state index in [1.54, 1.807) is 12.1 Å². The van der Waals surface area contributed by atoms with Crippen LogP contribution in [0.15, 0.2) is 36.6 Å². The number of rotatable bonds is 3. The maximum atomic E-state index is 12.6. The molecule has 3 rings (SSSR count). The van der Waals surface area contributed by atoms with Gasteiger partial charge < -0.3 is 9.64 Å². The van der Waals surface area contributed by atoms with Crippen LogP contribution in [0.2, 0.25) is 5.02 Å². The van der Waals surface area contributed by atoms with Gasteiger partial charge >= 0.3 is 0 Å². The van der Waals surface area contributed by atoms with Crippen LogP contribution in [0.4, 0.5) is 0 Å². The minimum Gasteiger partial charge on any atom is -0.497 e. The summed E-state index contributed by atoms with van der Waals surface area (Å²) in [4.78, 5) is 17.0. The molecule has 1 aromatic rings. The van der Waals surface area contributed by atoms with Crippen LogP contribution in [0, 0.1) is 0 Å². The number of benzene rings is 1. The van der Waals surface area contributed by atoms with Crippen molar-refractivity contribution in [2.75, 3.05) is 32.7 Å². The van der Waals surface area contributed by atoms with Crippen molar-refractivity contribution < 1.29 is 9.53 Å². The first-order chi connectivity index (χ1) is 11.2. The Bertz CT molecular complexity index is 576. The van der Waals surface area contributed by atoms with Crippen molar-refractivity contribution in [2.24, 2.45) is 0 Å². The average Bonchev–Trinajstić information content (AvgIpc) is 2.81. The van der Waals surface area contributed by atoms with Gasteiger partial charge in [-0.3, -0.25) is 9.69 Å². The highest BCUT2D eigenvalue weighted by Crippen LogP contribution is 2.16. The molecule has 1 amide bonds. The van der Waals surface area contributed by atoms with Crippen molar-refractivity contribution in [3.63, 3.8) is 0 Å². The Kier molecular flexibility index (Phi) is 5.57. The number of amides is 1. The fourth-order valence-corrected chi connectivity index (χ4v) is 3.36. The van der Waals surface area contributed by atoms with E-state index in [0.29, 0.717) is 10.6 Å². The summed E-state index contributed by atoms with van der Waals surface area (Å²) in [6.45, 7) is 4.42. The minimum atomic E-state index is 0.0752. The molecule has 0 N–H and O–H groups in total. The summed E-state index contributed by atoms with van der Waals surface area (Å²) in [5.74, 6) is 0.0752. The summed E-state index contributed by atoms with van der Waals surface area (Å²) in [6, 6.07) is 7.20. The molecule has 1 atom stereocenters. The highest BCUT2D eigenvalue weighted by Gasteiger charge is 2.22. The van der Waals surface area contributed by atoms with Crippen LogP contribution >= 0.6 is 11.6 Å². The van der Waals surface area contributed by atoms with Crippen LogP contribution in [0.25, 0.3) is 0 Å². The zero-order valence-electron chi connectivity index (χ0n) is 13.3. The lowest BCUT2D eigenvalue weighted by Gasteiger charge is -2.27. The van der Waals surface area contributed by atoms with Gasteiger partial charge in [0.1, 0.15) is 6.10 Å². The number of hydrogen-bond acceptors (Lipinski definition) is 3. The third kappa shape index (κ3) is 4.49. The summed E-state index contributed by atoms with van der Waals surface area (Å²) >= 11 is 5.99. The standard InChI is InChI=1S/C18H23ClN2O2/c19-16-6-3-5-15(13-16)18(22)21-9-4-8-20(10-11-21)14-17-7-1-2-12-23-17/h2-3,5-6,12-13,17H,1,4,7-11,14H2. The molecular weight excluding hydrogens is 312 g/mol. The molecule has 1 unspecified atom stereocenters. The second-order valence-corrected chi connectivity index (χ2v) is 6.60. The van der Waals surface area contributed by atoms with Gasteiger partial charge in [-0.2, -0.15) is 0 Å². The highest BCUT2D eigenvalue weighted by molar-refractivity contribution is 6.30. The smallest absolute Gasteiger partial charge is 0.253 e. The van der Waals surface area contributed by atoms with E-state index in [1.807, 2.05) is 23.3 Å². The molecule has 2 heterocycles. The first-order valence-corrected chi connectivity index (χ1v) is 8.68. The lowest BCUT2D eigenvalue weighted by Crippen LogP contribution is -2.38. The molecule has 124 valence electrons. The summed E-state index contributed by atoms with van der Waals surface area (Å²) < 4.78 is 5.66. The van der Waals surface area contributed by atoms with Gasteiger partial charge in [0.2, 0.25) is 0 Å². The Morgan fingerprint density at radius 2 is 2.17 bits per heavy atom. The molecule has 0 radical (unpaired) electrons. The molecule has 1 saturated heterocycles. The quantitative estimate of drug-likeness (QED) is 0.851. The molecule has 23 heavy (non-hydrogen) atoms. The SMILES string of the molecule is O=C(c1cccc(Cl)c1)N1CCCN(CC2CCC=CO2)CC1. The monoisotopic (exact) mass is 334 g/mol. The van der Waals surface area contributed by atoms with Gasteiger partial charge in [-0.1, -0.05) is 17.7 Å². The fourth-order valence-electron chi connectivity index (χ4n) is 3.17. The number of nitrogens with zero attached hydrogens (tertiary/aromatic N) is 2. The highest BCUT2D eigenvalue weighted by atomic mass is 35.5. The van der Waals surface area contributed by atoms with Gasteiger partial charge in [-0.25, -0.2) is 0 Å². The average molecular weight is 335 g/mol. The zero-order chi connectivity index (χ0) is 16.1. The lowest BCUT2D eigenvalue weighted by molar-refractivity contribution is 0.0726. The van der Waals surface area contributed by atoms with Crippen molar-refractivity contribution in [2.45, 2.75) is 25.4 Å². The molecule has 5 heteroatoms. The van der Waals surface area contributed by atoms with Crippen LogP contribution in [0.5, 0.6) is 0 Å². The fraction of sp³-hybridized carbons (Fsp3) is 0.500. The van der Waals surface area contributed by atoms with Gasteiger partial charge in [0.15, 0.2) is 0 Å². The summed E-state index contributed by atoms with van der Waals surface area (Å²) in [7, 11) is 0. The maximum Gasteiger partial charge on any atom is 0.253 e. The van der Waals surface area contributed by atoms with Crippen molar-refractivity contribution in [3.05, 3.63) is 47.2 Å². The third-order valence-electron chi connectivity index (χ3n) is 4.43. The molecule has 0 aliphatic carbocycles. The van der Waals surface area contributed by atoms with Crippen LogP contribution in [-0.4, -0.2) is 54.5 Å². The van der Waals surface area contributed by atoms with E-state index in [0.717, 1.165) is 52.0 Å². The first-order valence-electron chi connectivity index (χ1n) is 8.30. The number of ether oxygens (including phenoxy) is 1. The van der Waals surface area contributed by atoms with Crippen LogP contribution in [0.3, 0.4) is 0 Å². The van der Waals surface area contributed by atoms with Crippen molar-refractivity contribution in [1.29, 1.82) is 0 Å². The first kappa shape index (κ1) is 16.3. The molecule has 1 fully saturated rings. The van der Waals surface area contributed by atoms with Crippen LogP contribution in [0.1, 0.15) is 29.6 Å². The van der Waals surface area contributed by atoms with Gasteiger partial charge in [0.25, 0.3) is 5.91 Å². The van der Waals surface area contributed by atoms with E-state index in [4.69, 9.17) is 16.3 Å². The predicted molar refractivity (Wildman–Crippen MR) is 91.7 cm³/mol. The Hall–Kier alpha value is -1.52. The molecule has 0 aromatic heterocycles. The van der Waals surface area contributed by atoms with Crippen LogP contribution in [-0.2, 0) is 4.74 Å². The molecule has 2 aliphatic rings. The molecule has 4 nitrogen and oxygen atoms in total. The van der Waals surface area contributed by atoms with E-state index in [-0.39, 0.29) is 12.0 Å². The number of carbonyl (C=O) groups excluding carboxylic acids is 1. The molecule has 1 aromatic carbocycles. The van der Waals surface area contributed by atoms with Gasteiger partial charge in [0.05, 0.1) is 6.26 Å². The van der Waals surface area contributed by atoms with E-state index >= 15 is 0 Å². The second-order valence-electron chi connectivity index (χ2n) is 6.16. The Morgan fingerprint density at radius 3 is 2.96 bits per heavy atom. The molecule has 2 aliphatic heterocycles. The van der Waals surface area contributed by atoms with Crippen LogP contribution < -0.4 is 0 Å². The van der Waals surface area contributed by atoms with E-state index in [9.17, 15) is 4.79 Å². The van der Waals surface area contributed by atoms with Crippen molar-refractivity contribution in [3.8, 4) is 0 Å². The summed E-state index contributed by atoms with van der Waals surface area (Å²) in [5.41, 5.74) is 0.673. The van der Waals surface area contributed by atoms with Gasteiger partial charge in [-0.15, -0.1) is 0 Å². The third-order valence-corrected chi connectivity index (χ3v) is 4.67. The largest absolute Gasteiger partial charge is 0.497 e. The van der Waals surface area contributed by atoms with E-state index in [2.05, 4.69) is 11.0 Å². The zero-order valence-corrected chi connectivity index (χ0v) is 14.0. The summed E-state index contributed by atoms with van der Waals surface area (Å²) in [5, 5.41) is 0.606. The molecular formula is C18H23ClN2O2. The Labute approximate surface area is 142 Å². The Morgan fingerprint density at radius 1 is 1.26 bits per heavy atom. The van der Waals surface area contributed by atoms with E-state index in [1.165, 1.54) is 0 Å². The minimum absolute atomic E-state index is 0.0752. The molecule has 0 bridgehead atoms. The summed E-state index contributed by atoms with van der Waals surface area (Å²) in [6.07, 6.45) is 7.35. The van der Waals surface area contributed by atoms with E-state index < -0.39 is 0 Å². The number of hydrogen-bond donors (Lipinski definition) is 0. The molecule has 0 saturated carbocycles. The maximum absolute atomic E-state index is 12.6. The van der Waals surface area contributed by atoms with Gasteiger partial charge in [-0.05, 0) is 43.5 Å². The Balaban J connectivity index is 1.55. The molecule has 0 spiro atoms. The van der Waals surface area contributed by atoms with Gasteiger partial charge in [0, 0.05) is 43.3 Å². The topological polar surface area (TPSA) is 32.8 Å². The number of allylic oxidation sites excluding steroid dienone is 1. The van der Waals surface area contributed by atoms with Crippen molar-refractivity contribution >= 4 is 17.5 Å². The predicted octanol–water partition coefficient (Wildman–Crippen LogP) is 3.18. The number of halogens is 1. The normalized spacial score (nSPS) is 22.5. The van der Waals surface area contributed by atoms with Crippen molar-refractivity contribution in [1.82, 2.24) is 9.80 Å². The second kappa shape index (κ2) is 7.84. The number of carbonyl (C=O) groups is 1.